The number of hydrogen-bond acceptors (Lipinski definition) is 4. The molecule has 0 aliphatic heterocycles. The molecule has 0 aliphatic carbocycles. The van der Waals surface area contributed by atoms with Gasteiger partial charge in [0.25, 0.3) is 0 Å². The highest BCUT2D eigenvalue weighted by Crippen LogP contribution is 2.15. The molecule has 1 aromatic heterocycles. The van der Waals surface area contributed by atoms with Gasteiger partial charge in [-0.05, 0) is 50.4 Å². The molecular formula is C17H19Cl2N3O2. The molecule has 1 heterocycles. The van der Waals surface area contributed by atoms with Gasteiger partial charge in [-0.15, -0.1) is 0 Å². The lowest BCUT2D eigenvalue weighted by atomic mass is 10.2. The zero-order valence-corrected chi connectivity index (χ0v) is 15.0. The molecule has 1 aromatic carbocycles. The molecule has 0 bridgehead atoms. The summed E-state index contributed by atoms with van der Waals surface area (Å²) >= 11 is 11.6. The van der Waals surface area contributed by atoms with Gasteiger partial charge in [0.1, 0.15) is 18.2 Å². The van der Waals surface area contributed by atoms with Gasteiger partial charge in [0, 0.05) is 17.8 Å². The first-order valence-corrected chi connectivity index (χ1v) is 8.22. The Kier molecular flexibility index (Phi) is 6.85. The SMILES string of the molecule is CC(C(=O)Nc1ccc(Cl)cn1)N(C)CCOc1ccc(Cl)cc1. The first kappa shape index (κ1) is 18.5. The van der Waals surface area contributed by atoms with Crippen LogP contribution >= 0.6 is 23.2 Å². The van der Waals surface area contributed by atoms with Gasteiger partial charge in [0.05, 0.1) is 11.1 Å². The maximum absolute atomic E-state index is 12.2. The van der Waals surface area contributed by atoms with Crippen LogP contribution in [0.15, 0.2) is 42.6 Å². The van der Waals surface area contributed by atoms with E-state index < -0.39 is 0 Å². The van der Waals surface area contributed by atoms with Crippen molar-refractivity contribution in [3.05, 3.63) is 52.6 Å². The van der Waals surface area contributed by atoms with Crippen molar-refractivity contribution in [1.29, 1.82) is 0 Å². The summed E-state index contributed by atoms with van der Waals surface area (Å²) in [4.78, 5) is 18.2. The largest absolute Gasteiger partial charge is 0.492 e. The van der Waals surface area contributed by atoms with Crippen LogP contribution in [0, 0.1) is 0 Å². The monoisotopic (exact) mass is 367 g/mol. The molecule has 2 aromatic rings. The van der Waals surface area contributed by atoms with E-state index in [1.807, 2.05) is 31.0 Å². The number of anilines is 1. The molecule has 0 saturated heterocycles. The van der Waals surface area contributed by atoms with E-state index in [1.165, 1.54) is 6.20 Å². The van der Waals surface area contributed by atoms with Crippen LogP contribution in [0.2, 0.25) is 10.0 Å². The van der Waals surface area contributed by atoms with Crippen LogP contribution in [0.1, 0.15) is 6.92 Å². The third-order valence-electron chi connectivity index (χ3n) is 3.55. The van der Waals surface area contributed by atoms with Crippen LogP contribution in [0.25, 0.3) is 0 Å². The summed E-state index contributed by atoms with van der Waals surface area (Å²) in [5.41, 5.74) is 0. The molecule has 0 spiro atoms. The van der Waals surface area contributed by atoms with Gasteiger partial charge in [0.15, 0.2) is 0 Å². The van der Waals surface area contributed by atoms with Gasteiger partial charge in [0.2, 0.25) is 5.91 Å². The van der Waals surface area contributed by atoms with Crippen LogP contribution < -0.4 is 10.1 Å². The molecule has 0 saturated carbocycles. The Morgan fingerprint density at radius 2 is 1.88 bits per heavy atom. The molecule has 1 unspecified atom stereocenters. The van der Waals surface area contributed by atoms with E-state index in [4.69, 9.17) is 27.9 Å². The van der Waals surface area contributed by atoms with Gasteiger partial charge in [-0.25, -0.2) is 4.98 Å². The average Bonchev–Trinajstić information content (AvgIpc) is 2.58. The quantitative estimate of drug-likeness (QED) is 0.809. The van der Waals surface area contributed by atoms with Crippen molar-refractivity contribution in [3.8, 4) is 5.75 Å². The van der Waals surface area contributed by atoms with Crippen LogP contribution in [0.3, 0.4) is 0 Å². The molecule has 24 heavy (non-hydrogen) atoms. The topological polar surface area (TPSA) is 54.5 Å². The van der Waals surface area contributed by atoms with Crippen LogP contribution in [0.4, 0.5) is 5.82 Å². The van der Waals surface area contributed by atoms with Crippen LogP contribution in [-0.4, -0.2) is 42.0 Å². The number of amides is 1. The van der Waals surface area contributed by atoms with E-state index in [1.54, 1.807) is 24.3 Å². The number of carbonyl (C=O) groups excluding carboxylic acids is 1. The van der Waals surface area contributed by atoms with Gasteiger partial charge < -0.3 is 10.1 Å². The Morgan fingerprint density at radius 1 is 1.21 bits per heavy atom. The number of nitrogens with zero attached hydrogens (tertiary/aromatic N) is 2. The number of benzene rings is 1. The maximum atomic E-state index is 12.2. The lowest BCUT2D eigenvalue weighted by Crippen LogP contribution is -2.41. The minimum absolute atomic E-state index is 0.140. The smallest absolute Gasteiger partial charge is 0.242 e. The Bertz CT molecular complexity index is 663. The van der Waals surface area contributed by atoms with E-state index >= 15 is 0 Å². The molecule has 1 atom stereocenters. The Hall–Kier alpha value is -1.82. The third kappa shape index (κ3) is 5.67. The highest BCUT2D eigenvalue weighted by molar-refractivity contribution is 6.30. The lowest BCUT2D eigenvalue weighted by molar-refractivity contribution is -0.120. The van der Waals surface area contributed by atoms with E-state index in [9.17, 15) is 4.79 Å². The third-order valence-corrected chi connectivity index (χ3v) is 4.02. The molecule has 128 valence electrons. The second kappa shape index (κ2) is 8.87. The zero-order chi connectivity index (χ0) is 17.5. The van der Waals surface area contributed by atoms with Crippen molar-refractivity contribution in [2.75, 3.05) is 25.5 Å². The Balaban J connectivity index is 1.78. The van der Waals surface area contributed by atoms with Crippen molar-refractivity contribution < 1.29 is 9.53 Å². The summed E-state index contributed by atoms with van der Waals surface area (Å²) in [6.45, 7) is 2.90. The van der Waals surface area contributed by atoms with Crippen molar-refractivity contribution >= 4 is 34.9 Å². The van der Waals surface area contributed by atoms with Gasteiger partial charge in [-0.1, -0.05) is 23.2 Å². The predicted molar refractivity (Wildman–Crippen MR) is 96.9 cm³/mol. The number of halogens is 2. The zero-order valence-electron chi connectivity index (χ0n) is 13.5. The molecule has 7 heteroatoms. The predicted octanol–water partition coefficient (Wildman–Crippen LogP) is 3.73. The molecule has 2 rings (SSSR count). The van der Waals surface area contributed by atoms with Crippen molar-refractivity contribution in [2.45, 2.75) is 13.0 Å². The lowest BCUT2D eigenvalue weighted by Gasteiger charge is -2.23. The number of nitrogens with one attached hydrogen (secondary N) is 1. The standard InChI is InChI=1S/C17H19Cl2N3O2/c1-12(17(23)21-16-8-5-14(19)11-20-16)22(2)9-10-24-15-6-3-13(18)4-7-15/h3-8,11-12H,9-10H2,1-2H3,(H,20,21,23). The van der Waals surface area contributed by atoms with E-state index in [0.717, 1.165) is 5.75 Å². The molecular weight excluding hydrogens is 349 g/mol. The van der Waals surface area contributed by atoms with Gasteiger partial charge in [-0.3, -0.25) is 9.69 Å². The number of pyridine rings is 1. The normalized spacial score (nSPS) is 12.0. The fraction of sp³-hybridized carbons (Fsp3) is 0.294. The molecule has 1 amide bonds. The van der Waals surface area contributed by atoms with Gasteiger partial charge >= 0.3 is 0 Å². The molecule has 0 aliphatic rings. The minimum atomic E-state index is -0.323. The Labute approximate surface area is 151 Å². The summed E-state index contributed by atoms with van der Waals surface area (Å²) < 4.78 is 5.63. The van der Waals surface area contributed by atoms with Gasteiger partial charge in [-0.2, -0.15) is 0 Å². The average molecular weight is 368 g/mol. The second-order valence-electron chi connectivity index (χ2n) is 5.31. The second-order valence-corrected chi connectivity index (χ2v) is 6.18. The maximum Gasteiger partial charge on any atom is 0.242 e. The number of carbonyl (C=O) groups is 1. The Morgan fingerprint density at radius 3 is 2.50 bits per heavy atom. The molecule has 0 radical (unpaired) electrons. The summed E-state index contributed by atoms with van der Waals surface area (Å²) in [6.07, 6.45) is 1.49. The molecule has 1 N–H and O–H groups in total. The number of hydrogen-bond donors (Lipinski definition) is 1. The summed E-state index contributed by atoms with van der Waals surface area (Å²) in [5, 5.41) is 3.95. The highest BCUT2D eigenvalue weighted by atomic mass is 35.5. The summed E-state index contributed by atoms with van der Waals surface area (Å²) in [5.74, 6) is 1.08. The number of ether oxygens (including phenoxy) is 1. The van der Waals surface area contributed by atoms with Crippen molar-refractivity contribution in [1.82, 2.24) is 9.88 Å². The fourth-order valence-electron chi connectivity index (χ4n) is 1.91. The fourth-order valence-corrected chi connectivity index (χ4v) is 2.15. The summed E-state index contributed by atoms with van der Waals surface area (Å²) in [7, 11) is 1.87. The number of aromatic nitrogens is 1. The minimum Gasteiger partial charge on any atom is -0.492 e. The van der Waals surface area contributed by atoms with E-state index in [2.05, 4.69) is 10.3 Å². The number of rotatable bonds is 7. The molecule has 5 nitrogen and oxygen atoms in total. The first-order chi connectivity index (χ1) is 11.5. The van der Waals surface area contributed by atoms with Crippen molar-refractivity contribution in [2.24, 2.45) is 0 Å². The molecule has 0 fully saturated rings. The summed E-state index contributed by atoms with van der Waals surface area (Å²) in [6, 6.07) is 10.2. The van der Waals surface area contributed by atoms with Crippen LogP contribution in [0.5, 0.6) is 5.75 Å². The van der Waals surface area contributed by atoms with E-state index in [0.29, 0.717) is 29.0 Å². The number of likely N-dealkylation sites (N-methyl/N-ethyl adjacent to an activating group) is 1. The van der Waals surface area contributed by atoms with Crippen molar-refractivity contribution in [3.63, 3.8) is 0 Å². The highest BCUT2D eigenvalue weighted by Gasteiger charge is 2.18. The van der Waals surface area contributed by atoms with E-state index in [-0.39, 0.29) is 11.9 Å². The van der Waals surface area contributed by atoms with Crippen LogP contribution in [-0.2, 0) is 4.79 Å². The first-order valence-electron chi connectivity index (χ1n) is 7.47.